The number of methoxy groups -OCH3 is 1. The first-order valence-corrected chi connectivity index (χ1v) is 7.94. The third-order valence-electron chi connectivity index (χ3n) is 3.33. The van der Waals surface area contributed by atoms with Crippen molar-refractivity contribution in [3.05, 3.63) is 48.0 Å². The highest BCUT2D eigenvalue weighted by Gasteiger charge is 2.19. The molecule has 1 N–H and O–H groups in total. The number of nitrogens with zero attached hydrogens (tertiary/aromatic N) is 1. The molecule has 7 nitrogen and oxygen atoms in total. The van der Waals surface area contributed by atoms with Gasteiger partial charge in [-0.1, -0.05) is 18.7 Å². The molecule has 0 unspecified atom stereocenters. The van der Waals surface area contributed by atoms with Gasteiger partial charge in [0.05, 0.1) is 13.2 Å². The smallest absolute Gasteiger partial charge is 0.325 e. The second-order valence-corrected chi connectivity index (χ2v) is 5.14. The Labute approximate surface area is 147 Å². The van der Waals surface area contributed by atoms with Gasteiger partial charge in [0.2, 0.25) is 5.91 Å². The Bertz CT molecular complexity index is 598. The van der Waals surface area contributed by atoms with Crippen molar-refractivity contribution in [3.63, 3.8) is 0 Å². The minimum Gasteiger partial charge on any atom is -0.465 e. The van der Waals surface area contributed by atoms with E-state index in [1.54, 1.807) is 31.2 Å². The van der Waals surface area contributed by atoms with E-state index in [4.69, 9.17) is 9.47 Å². The monoisotopic (exact) mass is 348 g/mol. The van der Waals surface area contributed by atoms with Crippen LogP contribution in [0.2, 0.25) is 0 Å². The molecule has 7 heteroatoms. The summed E-state index contributed by atoms with van der Waals surface area (Å²) >= 11 is 0. The number of esters is 1. The quantitative estimate of drug-likeness (QED) is 0.506. The highest BCUT2D eigenvalue weighted by atomic mass is 16.5. The van der Waals surface area contributed by atoms with E-state index in [1.165, 1.54) is 18.1 Å². The number of ether oxygens (including phenoxy) is 2. The molecule has 0 atom stereocenters. The van der Waals surface area contributed by atoms with Gasteiger partial charge in [0.15, 0.2) is 0 Å². The number of hydrogen-bond acceptors (Lipinski definition) is 5. The van der Waals surface area contributed by atoms with Crippen molar-refractivity contribution in [2.24, 2.45) is 0 Å². The Morgan fingerprint density at radius 3 is 2.48 bits per heavy atom. The van der Waals surface area contributed by atoms with Crippen molar-refractivity contribution in [3.8, 4) is 0 Å². The van der Waals surface area contributed by atoms with E-state index in [9.17, 15) is 14.4 Å². The molecule has 1 aromatic carbocycles. The normalized spacial score (nSPS) is 10.0. The van der Waals surface area contributed by atoms with Crippen LogP contribution in [0.25, 0.3) is 0 Å². The summed E-state index contributed by atoms with van der Waals surface area (Å²) in [7, 11) is 1.53. The standard InChI is InChI=1S/C18H24N2O5/c1-4-16(21)19-12-14-6-8-15(9-7-14)18(23)20(10-11-24-3)13-17(22)25-5-2/h4,6-9H,1,5,10-13H2,2-3H3,(H,19,21). The van der Waals surface area contributed by atoms with Gasteiger partial charge in [-0.25, -0.2) is 0 Å². The molecule has 0 heterocycles. The van der Waals surface area contributed by atoms with Gasteiger partial charge in [0.1, 0.15) is 6.54 Å². The van der Waals surface area contributed by atoms with Crippen LogP contribution in [0.5, 0.6) is 0 Å². The molecule has 0 bridgehead atoms. The molecule has 1 rings (SSSR count). The zero-order chi connectivity index (χ0) is 18.7. The van der Waals surface area contributed by atoms with Gasteiger partial charge in [-0.2, -0.15) is 0 Å². The molecule has 0 saturated carbocycles. The molecular formula is C18H24N2O5. The number of nitrogens with one attached hydrogen (secondary N) is 1. The molecule has 136 valence electrons. The van der Waals surface area contributed by atoms with Gasteiger partial charge in [0, 0.05) is 25.8 Å². The minimum atomic E-state index is -0.462. The predicted octanol–water partition coefficient (Wildman–Crippen LogP) is 1.14. The Kier molecular flexibility index (Phi) is 8.95. The van der Waals surface area contributed by atoms with E-state index in [0.29, 0.717) is 18.7 Å². The van der Waals surface area contributed by atoms with Gasteiger partial charge in [0.25, 0.3) is 5.91 Å². The van der Waals surface area contributed by atoms with Crippen LogP contribution < -0.4 is 5.32 Å². The Hall–Kier alpha value is -2.67. The van der Waals surface area contributed by atoms with Crippen molar-refractivity contribution in [2.75, 3.05) is 33.4 Å². The molecular weight excluding hydrogens is 324 g/mol. The molecule has 2 amide bonds. The number of carbonyl (C=O) groups excluding carboxylic acids is 3. The SMILES string of the molecule is C=CC(=O)NCc1ccc(C(=O)N(CCOC)CC(=O)OCC)cc1. The van der Waals surface area contributed by atoms with Crippen LogP contribution in [0.1, 0.15) is 22.8 Å². The Balaban J connectivity index is 2.76. The molecule has 0 aliphatic rings. The minimum absolute atomic E-state index is 0.132. The third kappa shape index (κ3) is 7.17. The van der Waals surface area contributed by atoms with E-state index in [2.05, 4.69) is 11.9 Å². The first-order valence-electron chi connectivity index (χ1n) is 7.94. The highest BCUT2D eigenvalue weighted by Crippen LogP contribution is 2.08. The van der Waals surface area contributed by atoms with E-state index in [1.807, 2.05) is 0 Å². The average molecular weight is 348 g/mol. The van der Waals surface area contributed by atoms with Crippen LogP contribution in [0.4, 0.5) is 0 Å². The molecule has 0 fully saturated rings. The molecule has 0 radical (unpaired) electrons. The highest BCUT2D eigenvalue weighted by molar-refractivity contribution is 5.96. The van der Waals surface area contributed by atoms with Crippen molar-refractivity contribution in [2.45, 2.75) is 13.5 Å². The van der Waals surface area contributed by atoms with Crippen LogP contribution in [0.15, 0.2) is 36.9 Å². The largest absolute Gasteiger partial charge is 0.465 e. The zero-order valence-corrected chi connectivity index (χ0v) is 14.6. The first kappa shape index (κ1) is 20.4. The molecule has 0 aromatic heterocycles. The van der Waals surface area contributed by atoms with Crippen LogP contribution >= 0.6 is 0 Å². The van der Waals surface area contributed by atoms with Crippen LogP contribution in [-0.2, 0) is 25.6 Å². The van der Waals surface area contributed by atoms with Gasteiger partial charge in [-0.05, 0) is 30.7 Å². The molecule has 0 spiro atoms. The lowest BCUT2D eigenvalue weighted by Crippen LogP contribution is -2.38. The average Bonchev–Trinajstić information content (AvgIpc) is 2.63. The van der Waals surface area contributed by atoms with E-state index >= 15 is 0 Å². The third-order valence-corrected chi connectivity index (χ3v) is 3.33. The lowest BCUT2D eigenvalue weighted by atomic mass is 10.1. The summed E-state index contributed by atoms with van der Waals surface area (Å²) in [6.45, 7) is 6.16. The van der Waals surface area contributed by atoms with Crippen LogP contribution in [0.3, 0.4) is 0 Å². The summed E-state index contributed by atoms with van der Waals surface area (Å²) in [4.78, 5) is 36.8. The van der Waals surface area contributed by atoms with Crippen molar-refractivity contribution >= 4 is 17.8 Å². The molecule has 25 heavy (non-hydrogen) atoms. The number of amides is 2. The molecule has 1 aromatic rings. The van der Waals surface area contributed by atoms with Crippen LogP contribution in [0, 0.1) is 0 Å². The van der Waals surface area contributed by atoms with Gasteiger partial charge >= 0.3 is 5.97 Å². The van der Waals surface area contributed by atoms with Crippen molar-refractivity contribution in [1.29, 1.82) is 0 Å². The summed E-state index contributed by atoms with van der Waals surface area (Å²) in [6, 6.07) is 6.80. The number of carbonyl (C=O) groups is 3. The second kappa shape index (κ2) is 11.0. The summed E-state index contributed by atoms with van der Waals surface area (Å²) in [5, 5.41) is 2.66. The maximum Gasteiger partial charge on any atom is 0.325 e. The molecule has 0 aliphatic heterocycles. The van der Waals surface area contributed by atoms with Crippen molar-refractivity contribution in [1.82, 2.24) is 10.2 Å². The summed E-state index contributed by atoms with van der Waals surface area (Å²) in [6.07, 6.45) is 1.20. The Morgan fingerprint density at radius 1 is 1.24 bits per heavy atom. The number of rotatable bonds is 10. The summed E-state index contributed by atoms with van der Waals surface area (Å²) < 4.78 is 9.89. The van der Waals surface area contributed by atoms with Gasteiger partial charge < -0.3 is 19.7 Å². The van der Waals surface area contributed by atoms with E-state index in [-0.39, 0.29) is 31.5 Å². The topological polar surface area (TPSA) is 84.9 Å². The predicted molar refractivity (Wildman–Crippen MR) is 92.9 cm³/mol. The maximum atomic E-state index is 12.6. The van der Waals surface area contributed by atoms with Gasteiger partial charge in [-0.15, -0.1) is 0 Å². The van der Waals surface area contributed by atoms with Gasteiger partial charge in [-0.3, -0.25) is 14.4 Å². The number of hydrogen-bond donors (Lipinski definition) is 1. The fourth-order valence-electron chi connectivity index (χ4n) is 2.03. The zero-order valence-electron chi connectivity index (χ0n) is 14.6. The fraction of sp³-hybridized carbons (Fsp3) is 0.389. The second-order valence-electron chi connectivity index (χ2n) is 5.14. The van der Waals surface area contributed by atoms with E-state index in [0.717, 1.165) is 5.56 Å². The molecule has 0 saturated heterocycles. The van der Waals surface area contributed by atoms with Crippen LogP contribution in [-0.4, -0.2) is 56.1 Å². The lowest BCUT2D eigenvalue weighted by molar-refractivity contribution is -0.144. The maximum absolute atomic E-state index is 12.6. The lowest BCUT2D eigenvalue weighted by Gasteiger charge is -2.21. The van der Waals surface area contributed by atoms with E-state index < -0.39 is 5.97 Å². The summed E-state index contributed by atoms with van der Waals surface area (Å²) in [5.41, 5.74) is 1.29. The molecule has 0 aliphatic carbocycles. The number of benzene rings is 1. The fourth-order valence-corrected chi connectivity index (χ4v) is 2.03. The summed E-state index contributed by atoms with van der Waals surface area (Å²) in [5.74, 6) is -1.01. The Morgan fingerprint density at radius 2 is 1.92 bits per heavy atom. The van der Waals surface area contributed by atoms with Crippen molar-refractivity contribution < 1.29 is 23.9 Å². The first-order chi connectivity index (χ1) is 12.0.